The standard InChI is InChI=1S/C37H34N8O5S/c38-34-32-33(22-11-13-25(14-12-22)50-24-7-2-1-3-8-24)42-45(35(32)40-21-39-34)23-6-5-17-43(18-23)31(47)20-51-29-10-4-9-26-27(29)19-44(37(26)49)28-15-16-30(46)41-36(28)48/h1-4,7-14,21,23,28H,5-6,15-20H2,(H2,38,39,40)(H,41,46,48). The Bertz CT molecular complexity index is 2170. The van der Waals surface area contributed by atoms with Gasteiger partial charge in [0.1, 0.15) is 35.4 Å². The van der Waals surface area contributed by atoms with Crippen molar-refractivity contribution in [2.75, 3.05) is 24.6 Å². The number of fused-ring (bicyclic) bond motifs is 2. The average Bonchev–Trinajstić information content (AvgIpc) is 3.71. The SMILES string of the molecule is Nc1ncnc2c1c(-c1ccc(Oc3ccccc3)cc1)nn2C1CCCN(C(=O)CSc2cccc3c2CN(C2CCC(=O)NC2=O)C3=O)C1. The molecule has 3 aliphatic heterocycles. The lowest BCUT2D eigenvalue weighted by molar-refractivity contribution is -0.137. The van der Waals surface area contributed by atoms with Crippen molar-refractivity contribution >= 4 is 52.2 Å². The molecule has 51 heavy (non-hydrogen) atoms. The molecule has 3 N–H and O–H groups in total. The largest absolute Gasteiger partial charge is 0.457 e. The summed E-state index contributed by atoms with van der Waals surface area (Å²) in [6, 6.07) is 21.8. The van der Waals surface area contributed by atoms with E-state index in [-0.39, 0.29) is 42.5 Å². The van der Waals surface area contributed by atoms with Crippen LogP contribution in [-0.2, 0) is 20.9 Å². The summed E-state index contributed by atoms with van der Waals surface area (Å²) in [5.74, 6) is 0.918. The van der Waals surface area contributed by atoms with Gasteiger partial charge in [0.15, 0.2) is 5.65 Å². The van der Waals surface area contributed by atoms with Gasteiger partial charge in [-0.2, -0.15) is 5.10 Å². The number of carbonyl (C=O) groups excluding carboxylic acids is 4. The number of amides is 4. The van der Waals surface area contributed by atoms with Crippen molar-refractivity contribution in [2.45, 2.75) is 49.2 Å². The van der Waals surface area contributed by atoms with E-state index < -0.39 is 11.9 Å². The van der Waals surface area contributed by atoms with Crippen molar-refractivity contribution in [3.05, 3.63) is 90.3 Å². The number of carbonyl (C=O) groups is 4. The zero-order valence-corrected chi connectivity index (χ0v) is 28.3. The van der Waals surface area contributed by atoms with Gasteiger partial charge in [-0.3, -0.25) is 24.5 Å². The predicted molar refractivity (Wildman–Crippen MR) is 190 cm³/mol. The Kier molecular flexibility index (Phi) is 8.60. The molecule has 5 aromatic rings. The van der Waals surface area contributed by atoms with E-state index in [9.17, 15) is 19.2 Å². The van der Waals surface area contributed by atoms with E-state index in [1.165, 1.54) is 23.0 Å². The average molecular weight is 703 g/mol. The number of anilines is 1. The molecular weight excluding hydrogens is 669 g/mol. The molecule has 13 nitrogen and oxygen atoms in total. The number of nitrogens with two attached hydrogens (primary N) is 1. The van der Waals surface area contributed by atoms with Crippen molar-refractivity contribution in [1.29, 1.82) is 0 Å². The van der Waals surface area contributed by atoms with Gasteiger partial charge < -0.3 is 20.3 Å². The molecule has 2 saturated heterocycles. The van der Waals surface area contributed by atoms with Gasteiger partial charge in [0.25, 0.3) is 5.91 Å². The normalized spacial score (nSPS) is 18.9. The Morgan fingerprint density at radius 2 is 1.76 bits per heavy atom. The zero-order valence-electron chi connectivity index (χ0n) is 27.5. The predicted octanol–water partition coefficient (Wildman–Crippen LogP) is 4.58. The lowest BCUT2D eigenvalue weighted by Crippen LogP contribution is -2.52. The number of hydrogen-bond donors (Lipinski definition) is 2. The van der Waals surface area contributed by atoms with Gasteiger partial charge in [-0.05, 0) is 73.4 Å². The van der Waals surface area contributed by atoms with Crippen molar-refractivity contribution in [3.63, 3.8) is 0 Å². The fourth-order valence-electron chi connectivity index (χ4n) is 7.06. The highest BCUT2D eigenvalue weighted by Gasteiger charge is 2.40. The number of hydrogen-bond acceptors (Lipinski definition) is 10. The maximum atomic E-state index is 13.7. The van der Waals surface area contributed by atoms with Crippen LogP contribution in [0.2, 0.25) is 0 Å². The summed E-state index contributed by atoms with van der Waals surface area (Å²) in [6.07, 6.45) is 3.52. The van der Waals surface area contributed by atoms with Crippen LogP contribution in [0.15, 0.2) is 84.0 Å². The van der Waals surface area contributed by atoms with Gasteiger partial charge in [0.2, 0.25) is 17.7 Å². The first-order chi connectivity index (χ1) is 24.8. The van der Waals surface area contributed by atoms with E-state index in [0.29, 0.717) is 53.4 Å². The minimum atomic E-state index is -0.695. The Labute approximate surface area is 297 Å². The molecule has 14 heteroatoms. The minimum absolute atomic E-state index is 0.0199. The number of rotatable bonds is 8. The molecule has 5 heterocycles. The highest BCUT2D eigenvalue weighted by Crippen LogP contribution is 2.37. The van der Waals surface area contributed by atoms with Gasteiger partial charge in [-0.15, -0.1) is 11.8 Å². The molecular formula is C37H34N8O5S. The lowest BCUT2D eigenvalue weighted by atomic mass is 10.0. The Morgan fingerprint density at radius 1 is 0.961 bits per heavy atom. The summed E-state index contributed by atoms with van der Waals surface area (Å²) >= 11 is 1.39. The van der Waals surface area contributed by atoms with Crippen LogP contribution in [0, 0.1) is 0 Å². The fraction of sp³-hybridized carbons (Fsp3) is 0.270. The fourth-order valence-corrected chi connectivity index (χ4v) is 8.05. The van der Waals surface area contributed by atoms with E-state index in [1.54, 1.807) is 12.1 Å². The molecule has 258 valence electrons. The van der Waals surface area contributed by atoms with Crippen LogP contribution >= 0.6 is 11.8 Å². The highest BCUT2D eigenvalue weighted by atomic mass is 32.2. The summed E-state index contributed by atoms with van der Waals surface area (Å²) < 4.78 is 7.85. The second-order valence-electron chi connectivity index (χ2n) is 12.8. The Balaban J connectivity index is 0.971. The molecule has 0 spiro atoms. The molecule has 2 unspecified atom stereocenters. The molecule has 2 fully saturated rings. The van der Waals surface area contributed by atoms with Crippen molar-refractivity contribution in [3.8, 4) is 22.8 Å². The number of piperidine rings is 2. The van der Waals surface area contributed by atoms with Crippen LogP contribution in [0.4, 0.5) is 5.82 Å². The van der Waals surface area contributed by atoms with Gasteiger partial charge >= 0.3 is 0 Å². The second kappa shape index (κ2) is 13.5. The zero-order chi connectivity index (χ0) is 35.1. The van der Waals surface area contributed by atoms with Crippen LogP contribution in [0.25, 0.3) is 22.3 Å². The van der Waals surface area contributed by atoms with E-state index in [0.717, 1.165) is 34.6 Å². The molecule has 0 aliphatic carbocycles. The molecule has 3 aromatic carbocycles. The van der Waals surface area contributed by atoms with Gasteiger partial charge in [-0.25, -0.2) is 14.6 Å². The Hall–Kier alpha value is -5.76. The van der Waals surface area contributed by atoms with E-state index in [1.807, 2.05) is 70.2 Å². The third-order valence-electron chi connectivity index (χ3n) is 9.61. The topological polar surface area (TPSA) is 166 Å². The number of nitrogens with one attached hydrogen (secondary N) is 1. The van der Waals surface area contributed by atoms with Gasteiger partial charge in [-0.1, -0.05) is 24.3 Å². The number of ether oxygens (including phenoxy) is 1. The molecule has 4 amide bonds. The van der Waals surface area contributed by atoms with Crippen LogP contribution in [-0.4, -0.2) is 78.1 Å². The first kappa shape index (κ1) is 32.4. The number of aromatic nitrogens is 4. The van der Waals surface area contributed by atoms with Crippen LogP contribution in [0.1, 0.15) is 47.6 Å². The minimum Gasteiger partial charge on any atom is -0.457 e. The van der Waals surface area contributed by atoms with Crippen molar-refractivity contribution in [1.82, 2.24) is 34.9 Å². The number of benzene rings is 3. The monoisotopic (exact) mass is 702 g/mol. The maximum Gasteiger partial charge on any atom is 0.255 e. The number of nitrogen functional groups attached to an aromatic ring is 1. The van der Waals surface area contributed by atoms with Crippen LogP contribution in [0.3, 0.4) is 0 Å². The summed E-state index contributed by atoms with van der Waals surface area (Å²) in [5.41, 5.74) is 9.83. The summed E-state index contributed by atoms with van der Waals surface area (Å²) in [4.78, 5) is 64.2. The van der Waals surface area contributed by atoms with E-state index in [2.05, 4.69) is 15.3 Å². The van der Waals surface area contributed by atoms with E-state index in [4.69, 9.17) is 15.6 Å². The highest BCUT2D eigenvalue weighted by molar-refractivity contribution is 8.00. The van der Waals surface area contributed by atoms with E-state index >= 15 is 0 Å². The maximum absolute atomic E-state index is 13.7. The van der Waals surface area contributed by atoms with Gasteiger partial charge in [0, 0.05) is 42.1 Å². The Morgan fingerprint density at radius 3 is 2.57 bits per heavy atom. The number of imide groups is 1. The van der Waals surface area contributed by atoms with Crippen LogP contribution in [0.5, 0.6) is 11.5 Å². The first-order valence-corrected chi connectivity index (χ1v) is 17.8. The number of nitrogens with zero attached hydrogens (tertiary/aromatic N) is 6. The molecule has 2 atom stereocenters. The third kappa shape index (κ3) is 6.27. The van der Waals surface area contributed by atoms with Crippen molar-refractivity contribution < 1.29 is 23.9 Å². The first-order valence-electron chi connectivity index (χ1n) is 16.8. The smallest absolute Gasteiger partial charge is 0.255 e. The summed E-state index contributed by atoms with van der Waals surface area (Å²) in [6.45, 7) is 1.33. The molecule has 0 saturated carbocycles. The summed E-state index contributed by atoms with van der Waals surface area (Å²) in [5, 5.41) is 8.01. The second-order valence-corrected chi connectivity index (χ2v) is 13.8. The summed E-state index contributed by atoms with van der Waals surface area (Å²) in [7, 11) is 0. The molecule has 3 aliphatic rings. The number of para-hydroxylation sites is 1. The van der Waals surface area contributed by atoms with Gasteiger partial charge in [0.05, 0.1) is 17.2 Å². The van der Waals surface area contributed by atoms with Crippen LogP contribution < -0.4 is 15.8 Å². The molecule has 2 aromatic heterocycles. The lowest BCUT2D eigenvalue weighted by Gasteiger charge is -2.33. The quantitative estimate of drug-likeness (QED) is 0.173. The molecule has 0 bridgehead atoms. The van der Waals surface area contributed by atoms with Crippen molar-refractivity contribution in [2.24, 2.45) is 0 Å². The number of thioether (sulfide) groups is 1. The number of likely N-dealkylation sites (tertiary alicyclic amines) is 1. The molecule has 8 rings (SSSR count). The third-order valence-corrected chi connectivity index (χ3v) is 10.7. The molecule has 0 radical (unpaired) electrons.